The van der Waals surface area contributed by atoms with Crippen LogP contribution in [0.25, 0.3) is 16.9 Å². The first-order valence-electron chi connectivity index (χ1n) is 6.94. The maximum atomic E-state index is 11.2. The monoisotopic (exact) mass is 324 g/mol. The number of benzene rings is 1. The lowest BCUT2D eigenvalue weighted by Gasteiger charge is -2.04. The smallest absolute Gasteiger partial charge is 0.376 e. The molecule has 3 aromatic rings. The highest BCUT2D eigenvalue weighted by atomic mass is 16.4. The first kappa shape index (κ1) is 15.3. The Morgan fingerprint density at radius 1 is 1.08 bits per heavy atom. The molecule has 2 heterocycles. The number of carboxylic acids is 1. The predicted octanol–water partition coefficient (Wildman–Crippen LogP) is 1.43. The third-order valence-corrected chi connectivity index (χ3v) is 3.32. The summed E-state index contributed by atoms with van der Waals surface area (Å²) in [6.07, 6.45) is 3.36. The molecule has 0 spiro atoms. The molecule has 0 amide bonds. The highest BCUT2D eigenvalue weighted by Crippen LogP contribution is 2.19. The van der Waals surface area contributed by atoms with Crippen LogP contribution >= 0.6 is 0 Å². The van der Waals surface area contributed by atoms with Crippen LogP contribution in [-0.2, 0) is 16.1 Å². The molecular weight excluding hydrogens is 312 g/mol. The lowest BCUT2D eigenvalue weighted by atomic mass is 10.2. The van der Waals surface area contributed by atoms with Crippen molar-refractivity contribution in [3.05, 3.63) is 60.3 Å². The number of nitrogens with zero attached hydrogens (tertiary/aromatic N) is 4. The van der Waals surface area contributed by atoms with E-state index in [4.69, 9.17) is 5.11 Å². The van der Waals surface area contributed by atoms with E-state index in [1.165, 1.54) is 6.33 Å². The number of aromatic nitrogens is 4. The minimum absolute atomic E-state index is 0.00131. The van der Waals surface area contributed by atoms with Gasteiger partial charge in [0.2, 0.25) is 0 Å². The number of carbonyl (C=O) groups excluding carboxylic acids is 1. The molecule has 8 nitrogen and oxygen atoms in total. The Kier molecular flexibility index (Phi) is 4.02. The van der Waals surface area contributed by atoms with Crippen LogP contribution in [0.2, 0.25) is 0 Å². The van der Waals surface area contributed by atoms with E-state index in [2.05, 4.69) is 15.0 Å². The van der Waals surface area contributed by atoms with Gasteiger partial charge in [0.15, 0.2) is 5.65 Å². The number of carbonyl (C=O) groups is 2. The maximum Gasteiger partial charge on any atom is 0.376 e. The summed E-state index contributed by atoms with van der Waals surface area (Å²) >= 11 is 0. The van der Waals surface area contributed by atoms with Crippen LogP contribution in [0, 0.1) is 0 Å². The molecule has 1 aromatic carbocycles. The third-order valence-electron chi connectivity index (χ3n) is 3.32. The molecule has 0 aliphatic carbocycles. The van der Waals surface area contributed by atoms with Crippen molar-refractivity contribution in [3.8, 4) is 0 Å². The summed E-state index contributed by atoms with van der Waals surface area (Å²) in [5.41, 5.74) is 1.78. The number of aliphatic carboxylic acids is 1. The van der Waals surface area contributed by atoms with Crippen molar-refractivity contribution in [2.75, 3.05) is 0 Å². The van der Waals surface area contributed by atoms with Crippen molar-refractivity contribution in [1.29, 1.82) is 0 Å². The van der Waals surface area contributed by atoms with E-state index in [-0.39, 0.29) is 11.2 Å². The van der Waals surface area contributed by atoms with Gasteiger partial charge >= 0.3 is 5.97 Å². The van der Waals surface area contributed by atoms with E-state index in [1.54, 1.807) is 10.9 Å². The Hall–Kier alpha value is -3.55. The fourth-order valence-corrected chi connectivity index (χ4v) is 2.22. The molecule has 0 bridgehead atoms. The van der Waals surface area contributed by atoms with Crippen LogP contribution in [0.1, 0.15) is 11.3 Å². The molecule has 0 aliphatic rings. The second-order valence-electron chi connectivity index (χ2n) is 4.95. The van der Waals surface area contributed by atoms with E-state index < -0.39 is 17.5 Å². The highest BCUT2D eigenvalue weighted by Gasteiger charge is 2.16. The zero-order valence-electron chi connectivity index (χ0n) is 12.3. The zero-order valence-corrected chi connectivity index (χ0v) is 12.3. The number of hydrogen-bond donors (Lipinski definition) is 2. The van der Waals surface area contributed by atoms with E-state index in [1.807, 2.05) is 30.3 Å². The maximum absolute atomic E-state index is 11.2. The van der Waals surface area contributed by atoms with Crippen LogP contribution in [0.5, 0.6) is 0 Å². The van der Waals surface area contributed by atoms with Gasteiger partial charge in [-0.1, -0.05) is 30.3 Å². The van der Waals surface area contributed by atoms with Crippen LogP contribution in [0.15, 0.2) is 49.1 Å². The molecular formula is C16H12N4O4. The summed E-state index contributed by atoms with van der Waals surface area (Å²) in [5, 5.41) is 18.6. The number of fused-ring (bicyclic) bond motifs is 1. The molecule has 0 saturated heterocycles. The first-order valence-corrected chi connectivity index (χ1v) is 6.94. The minimum atomic E-state index is -1.67. The lowest BCUT2D eigenvalue weighted by molar-refractivity contribution is -0.146. The first-order chi connectivity index (χ1) is 11.6. The minimum Gasteiger partial charge on any atom is -0.505 e. The number of hydrogen-bond acceptors (Lipinski definition) is 6. The highest BCUT2D eigenvalue weighted by molar-refractivity contribution is 6.38. The molecule has 0 atom stereocenters. The number of carboxylic acid groups (broad SMARTS) is 1. The topological polar surface area (TPSA) is 118 Å². The van der Waals surface area contributed by atoms with Crippen molar-refractivity contribution < 1.29 is 19.8 Å². The van der Waals surface area contributed by atoms with Crippen molar-refractivity contribution in [1.82, 2.24) is 19.5 Å². The Morgan fingerprint density at radius 3 is 2.54 bits per heavy atom. The molecule has 0 saturated carbocycles. The summed E-state index contributed by atoms with van der Waals surface area (Å²) in [6.45, 7) is 0.520. The van der Waals surface area contributed by atoms with E-state index in [9.17, 15) is 14.7 Å². The molecule has 24 heavy (non-hydrogen) atoms. The summed E-state index contributed by atoms with van der Waals surface area (Å²) in [7, 11) is 0. The fourth-order valence-electron chi connectivity index (χ4n) is 2.22. The Morgan fingerprint density at radius 2 is 1.83 bits per heavy atom. The second-order valence-corrected chi connectivity index (χ2v) is 4.95. The van der Waals surface area contributed by atoms with E-state index in [0.29, 0.717) is 18.3 Å². The Labute approximate surface area is 135 Å². The van der Waals surface area contributed by atoms with Crippen molar-refractivity contribution in [3.63, 3.8) is 0 Å². The zero-order chi connectivity index (χ0) is 17.1. The number of aliphatic hydroxyl groups excluding tert-OH is 1. The molecule has 2 N–H and O–H groups in total. The summed E-state index contributed by atoms with van der Waals surface area (Å²) in [4.78, 5) is 34.0. The molecule has 2 aromatic heterocycles. The van der Waals surface area contributed by atoms with Crippen molar-refractivity contribution in [2.24, 2.45) is 0 Å². The molecule has 120 valence electrons. The molecule has 3 rings (SSSR count). The van der Waals surface area contributed by atoms with Crippen LogP contribution < -0.4 is 0 Å². The SMILES string of the molecule is O=C(O)C(=O)/C=C(/O)c1ncnc2c1ncn2Cc1ccccc1. The average molecular weight is 324 g/mol. The van der Waals surface area contributed by atoms with Gasteiger partial charge in [0.1, 0.15) is 23.3 Å². The Balaban J connectivity index is 2.01. The molecule has 8 heteroatoms. The molecule has 0 aliphatic heterocycles. The van der Waals surface area contributed by atoms with Crippen LogP contribution in [-0.4, -0.2) is 41.5 Å². The second kappa shape index (κ2) is 6.29. The van der Waals surface area contributed by atoms with Gasteiger partial charge in [0.05, 0.1) is 12.9 Å². The summed E-state index contributed by atoms with van der Waals surface area (Å²) in [6, 6.07) is 9.66. The molecule has 0 fully saturated rings. The van der Waals surface area contributed by atoms with E-state index >= 15 is 0 Å². The molecule has 0 radical (unpaired) electrons. The van der Waals surface area contributed by atoms with Gasteiger partial charge < -0.3 is 14.8 Å². The normalized spacial score (nSPS) is 11.6. The van der Waals surface area contributed by atoms with Gasteiger partial charge in [0.25, 0.3) is 5.78 Å². The number of rotatable bonds is 5. The fraction of sp³-hybridized carbons (Fsp3) is 0.0625. The Bertz CT molecular complexity index is 947. The van der Waals surface area contributed by atoms with Crippen LogP contribution in [0.3, 0.4) is 0 Å². The third kappa shape index (κ3) is 2.98. The van der Waals surface area contributed by atoms with Gasteiger partial charge in [-0.15, -0.1) is 0 Å². The van der Waals surface area contributed by atoms with Crippen molar-refractivity contribution >= 4 is 28.7 Å². The van der Waals surface area contributed by atoms with E-state index in [0.717, 1.165) is 5.56 Å². The van der Waals surface area contributed by atoms with Gasteiger partial charge in [-0.25, -0.2) is 19.7 Å². The summed E-state index contributed by atoms with van der Waals surface area (Å²) in [5.74, 6) is -3.48. The standard InChI is InChI=1S/C16H12N4O4/c21-11(6-12(22)16(23)24)13-14-15(18-8-17-13)20(9-19-14)7-10-4-2-1-3-5-10/h1-6,8-9,21H,7H2,(H,23,24)/b11-6+. The summed E-state index contributed by atoms with van der Waals surface area (Å²) < 4.78 is 1.77. The lowest BCUT2D eigenvalue weighted by Crippen LogP contribution is -2.10. The van der Waals surface area contributed by atoms with Crippen molar-refractivity contribution in [2.45, 2.75) is 6.54 Å². The molecule has 0 unspecified atom stereocenters. The van der Waals surface area contributed by atoms with Crippen LogP contribution in [0.4, 0.5) is 0 Å². The predicted molar refractivity (Wildman–Crippen MR) is 84.1 cm³/mol. The number of aliphatic hydroxyl groups is 1. The van der Waals surface area contributed by atoms with Gasteiger partial charge in [-0.3, -0.25) is 4.79 Å². The largest absolute Gasteiger partial charge is 0.505 e. The van der Waals surface area contributed by atoms with Gasteiger partial charge in [0, 0.05) is 6.08 Å². The average Bonchev–Trinajstić information content (AvgIpc) is 2.98. The quantitative estimate of drug-likeness (QED) is 0.414. The number of ketones is 1. The number of imidazole rings is 1. The van der Waals surface area contributed by atoms with Gasteiger partial charge in [-0.05, 0) is 5.56 Å². The van der Waals surface area contributed by atoms with Gasteiger partial charge in [-0.2, -0.15) is 0 Å².